The molecule has 28 heavy (non-hydrogen) atoms. The summed E-state index contributed by atoms with van der Waals surface area (Å²) < 4.78 is 0. The van der Waals surface area contributed by atoms with Gasteiger partial charge in [0, 0.05) is 43.4 Å². The van der Waals surface area contributed by atoms with Crippen LogP contribution in [-0.2, 0) is 10.5 Å². The zero-order valence-electron chi connectivity index (χ0n) is 15.5. The van der Waals surface area contributed by atoms with E-state index >= 15 is 0 Å². The zero-order chi connectivity index (χ0) is 20.1. The second-order valence-corrected chi connectivity index (χ2v) is 6.94. The van der Waals surface area contributed by atoms with E-state index in [1.54, 1.807) is 36.5 Å². The number of hydrogen-bond acceptors (Lipinski definition) is 7. The maximum atomic E-state index is 11.5. The fourth-order valence-electron chi connectivity index (χ4n) is 2.50. The van der Waals surface area contributed by atoms with Crippen molar-refractivity contribution < 1.29 is 4.79 Å². The van der Waals surface area contributed by atoms with E-state index in [0.29, 0.717) is 16.6 Å². The average molecular weight is 390 g/mol. The van der Waals surface area contributed by atoms with Gasteiger partial charge in [-0.25, -0.2) is 9.97 Å². The maximum absolute atomic E-state index is 11.5. The molecule has 3 rings (SSSR count). The van der Waals surface area contributed by atoms with Gasteiger partial charge in [-0.2, -0.15) is 5.26 Å². The zero-order valence-corrected chi connectivity index (χ0v) is 16.3. The van der Waals surface area contributed by atoms with Gasteiger partial charge in [-0.15, -0.1) is 0 Å². The van der Waals surface area contributed by atoms with Gasteiger partial charge < -0.3 is 10.6 Å². The third-order valence-electron chi connectivity index (χ3n) is 4.12. The lowest BCUT2D eigenvalue weighted by atomic mass is 10.1. The Kier molecular flexibility index (Phi) is 5.87. The minimum Gasteiger partial charge on any atom is -0.382 e. The van der Waals surface area contributed by atoms with Gasteiger partial charge >= 0.3 is 0 Å². The molecule has 0 aliphatic carbocycles. The summed E-state index contributed by atoms with van der Waals surface area (Å²) in [4.78, 5) is 25.9. The fraction of sp³-hybridized carbons (Fsp3) is 0.150. The van der Waals surface area contributed by atoms with E-state index in [0.717, 1.165) is 16.8 Å². The number of benzene rings is 1. The molecule has 8 heteroatoms. The van der Waals surface area contributed by atoms with Crippen molar-refractivity contribution in [2.75, 3.05) is 17.7 Å². The van der Waals surface area contributed by atoms with E-state index < -0.39 is 0 Å². The summed E-state index contributed by atoms with van der Waals surface area (Å²) in [5.41, 5.74) is 9.24. The van der Waals surface area contributed by atoms with E-state index in [4.69, 9.17) is 5.73 Å². The summed E-state index contributed by atoms with van der Waals surface area (Å²) >= 11 is 1.42. The predicted octanol–water partition coefficient (Wildman–Crippen LogP) is 3.27. The minimum absolute atomic E-state index is 0.0640. The first-order valence-corrected chi connectivity index (χ1v) is 9.42. The normalized spacial score (nSPS) is 10.3. The number of amides is 1. The number of thioether (sulfide) groups is 1. The lowest BCUT2D eigenvalue weighted by Gasteiger charge is -2.15. The average Bonchev–Trinajstić information content (AvgIpc) is 2.72. The summed E-state index contributed by atoms with van der Waals surface area (Å²) in [6, 6.07) is 13.2. The van der Waals surface area contributed by atoms with Crippen molar-refractivity contribution in [3.05, 3.63) is 59.9 Å². The number of hydrogen-bond donors (Lipinski definition) is 1. The van der Waals surface area contributed by atoms with E-state index in [2.05, 4.69) is 21.0 Å². The van der Waals surface area contributed by atoms with Crippen LogP contribution in [0.3, 0.4) is 0 Å². The summed E-state index contributed by atoms with van der Waals surface area (Å²) in [5, 5.41) is 9.98. The van der Waals surface area contributed by atoms with Gasteiger partial charge in [0.15, 0.2) is 5.16 Å². The summed E-state index contributed by atoms with van der Waals surface area (Å²) in [6.07, 6.45) is 3.50. The van der Waals surface area contributed by atoms with Crippen molar-refractivity contribution in [2.45, 2.75) is 17.8 Å². The summed E-state index contributed by atoms with van der Waals surface area (Å²) in [5.74, 6) is 0.720. The van der Waals surface area contributed by atoms with E-state index in [1.165, 1.54) is 18.7 Å². The van der Waals surface area contributed by atoms with Crippen LogP contribution in [0, 0.1) is 11.3 Å². The van der Waals surface area contributed by atoms with Crippen LogP contribution in [0.4, 0.5) is 11.5 Å². The molecule has 3 aromatic rings. The number of carbonyl (C=O) groups excluding carboxylic acids is 1. The number of nitriles is 1. The smallest absolute Gasteiger partial charge is 0.223 e. The van der Waals surface area contributed by atoms with Crippen LogP contribution in [0.25, 0.3) is 11.3 Å². The second-order valence-electron chi connectivity index (χ2n) is 6.00. The Morgan fingerprint density at radius 2 is 2.00 bits per heavy atom. The number of anilines is 2. The number of aromatic nitrogens is 3. The Balaban J connectivity index is 1.92. The van der Waals surface area contributed by atoms with E-state index in [-0.39, 0.29) is 17.3 Å². The third-order valence-corrected chi connectivity index (χ3v) is 5.04. The Hall–Kier alpha value is -3.44. The molecule has 0 saturated carbocycles. The number of nitrogens with two attached hydrogens (primary N) is 1. The number of pyridine rings is 1. The molecule has 0 unspecified atom stereocenters. The molecular weight excluding hydrogens is 372 g/mol. The summed E-state index contributed by atoms with van der Waals surface area (Å²) in [6.45, 7) is 1.50. The molecule has 2 aromatic heterocycles. The van der Waals surface area contributed by atoms with Gasteiger partial charge in [0.2, 0.25) is 5.91 Å². The van der Waals surface area contributed by atoms with E-state index in [1.807, 2.05) is 24.3 Å². The molecule has 0 bridgehead atoms. The largest absolute Gasteiger partial charge is 0.382 e. The van der Waals surface area contributed by atoms with Crippen LogP contribution >= 0.6 is 11.8 Å². The number of rotatable bonds is 5. The van der Waals surface area contributed by atoms with Crippen LogP contribution in [0.5, 0.6) is 0 Å². The van der Waals surface area contributed by atoms with Gasteiger partial charge in [-0.3, -0.25) is 9.78 Å². The van der Waals surface area contributed by atoms with Crippen LogP contribution in [0.1, 0.15) is 18.1 Å². The standard InChI is InChI=1S/C20H18N6OS/c1-13(27)26(2)16-7-5-15(6-8-16)18-17(10-21)19(22)25-20(24-18)28-12-14-4-3-9-23-11-14/h3-9,11H,12H2,1-2H3,(H2,22,24,25). The second kappa shape index (κ2) is 8.50. The van der Waals surface area contributed by atoms with Crippen molar-refractivity contribution in [2.24, 2.45) is 0 Å². The van der Waals surface area contributed by atoms with Gasteiger partial charge in [0.1, 0.15) is 17.5 Å². The Morgan fingerprint density at radius 1 is 1.25 bits per heavy atom. The highest BCUT2D eigenvalue weighted by atomic mass is 32.2. The molecule has 0 atom stereocenters. The molecular formula is C20H18N6OS. The van der Waals surface area contributed by atoms with Crippen molar-refractivity contribution >= 4 is 29.2 Å². The highest BCUT2D eigenvalue weighted by Gasteiger charge is 2.15. The first-order chi connectivity index (χ1) is 13.5. The molecule has 0 aliphatic rings. The quantitative estimate of drug-likeness (QED) is 0.526. The van der Waals surface area contributed by atoms with Crippen molar-refractivity contribution in [1.29, 1.82) is 5.26 Å². The predicted molar refractivity (Wildman–Crippen MR) is 109 cm³/mol. The fourth-order valence-corrected chi connectivity index (χ4v) is 3.28. The first kappa shape index (κ1) is 19.3. The molecule has 0 spiro atoms. The van der Waals surface area contributed by atoms with Gasteiger partial charge in [-0.1, -0.05) is 30.0 Å². The Labute approximate surface area is 167 Å². The molecule has 0 saturated heterocycles. The molecule has 0 aliphatic heterocycles. The van der Waals surface area contributed by atoms with Crippen LogP contribution < -0.4 is 10.6 Å². The lowest BCUT2D eigenvalue weighted by Crippen LogP contribution is -2.22. The molecule has 2 heterocycles. The van der Waals surface area contributed by atoms with E-state index in [9.17, 15) is 10.1 Å². The maximum Gasteiger partial charge on any atom is 0.223 e. The van der Waals surface area contributed by atoms with Crippen molar-refractivity contribution in [1.82, 2.24) is 15.0 Å². The lowest BCUT2D eigenvalue weighted by molar-refractivity contribution is -0.116. The van der Waals surface area contributed by atoms with Gasteiger partial charge in [0.25, 0.3) is 0 Å². The molecule has 140 valence electrons. The number of nitrogen functional groups attached to an aromatic ring is 1. The monoisotopic (exact) mass is 390 g/mol. The highest BCUT2D eigenvalue weighted by molar-refractivity contribution is 7.98. The van der Waals surface area contributed by atoms with Gasteiger partial charge in [0.05, 0.1) is 5.69 Å². The molecule has 0 radical (unpaired) electrons. The third kappa shape index (κ3) is 4.27. The molecule has 1 aromatic carbocycles. The molecule has 7 nitrogen and oxygen atoms in total. The summed E-state index contributed by atoms with van der Waals surface area (Å²) in [7, 11) is 1.70. The van der Waals surface area contributed by atoms with Crippen LogP contribution in [0.2, 0.25) is 0 Å². The highest BCUT2D eigenvalue weighted by Crippen LogP contribution is 2.30. The molecule has 1 amide bonds. The Morgan fingerprint density at radius 3 is 2.61 bits per heavy atom. The molecule has 2 N–H and O–H groups in total. The SMILES string of the molecule is CC(=O)N(C)c1ccc(-c2nc(SCc3cccnc3)nc(N)c2C#N)cc1. The number of carbonyl (C=O) groups is 1. The van der Waals surface area contributed by atoms with Gasteiger partial charge in [-0.05, 0) is 23.8 Å². The topological polar surface area (TPSA) is 109 Å². The Bertz CT molecular complexity index is 1030. The minimum atomic E-state index is -0.0640. The first-order valence-electron chi connectivity index (χ1n) is 8.43. The number of nitrogens with zero attached hydrogens (tertiary/aromatic N) is 5. The van der Waals surface area contributed by atoms with Crippen molar-refractivity contribution in [3.63, 3.8) is 0 Å². The van der Waals surface area contributed by atoms with Crippen molar-refractivity contribution in [3.8, 4) is 17.3 Å². The van der Waals surface area contributed by atoms with Crippen LogP contribution in [0.15, 0.2) is 53.9 Å². The molecule has 0 fully saturated rings. The van der Waals surface area contributed by atoms with Crippen LogP contribution in [-0.4, -0.2) is 27.9 Å².